The molecule has 0 aromatic heterocycles. The standard InChI is InChI=1S/C13H22O4.C12H20O4.C11H18O4.C10H16O4/c1-6-12(2,3)11(15)17-13(4,5)9-7-10(14)16-8-9;1-5-8(2)11(14)16-12(3,4)9-6-10(13)15-7-9;1-5-10(2,3)9(13)15-11(4)6-8(12)14-7-11;1-4-7(2)9(12)14-10(3)5-8(11)13-6-10/h9H,6-8H2,1-5H3;8-9H,5-7H2,1-4H3;5-7H2,1-4H3;7H,4-6H2,1-3H3. The molecule has 6 unspecified atom stereocenters. The Kier molecular flexibility index (Phi) is 20.6. The molecular weight excluding hydrogens is 808 g/mol. The van der Waals surface area contributed by atoms with E-state index in [0.29, 0.717) is 32.5 Å². The van der Waals surface area contributed by atoms with Gasteiger partial charge in [-0.05, 0) is 94.9 Å². The predicted molar refractivity (Wildman–Crippen MR) is 226 cm³/mol. The first kappa shape index (κ1) is 55.8. The van der Waals surface area contributed by atoms with Gasteiger partial charge >= 0.3 is 47.8 Å². The van der Waals surface area contributed by atoms with Crippen molar-refractivity contribution in [2.24, 2.45) is 34.5 Å². The number of carbonyl (C=O) groups excluding carboxylic acids is 8. The van der Waals surface area contributed by atoms with E-state index in [2.05, 4.69) is 0 Å². The molecule has 0 aromatic carbocycles. The summed E-state index contributed by atoms with van der Waals surface area (Å²) in [6.45, 7) is 30.6. The van der Waals surface area contributed by atoms with Crippen LogP contribution >= 0.6 is 0 Å². The fourth-order valence-corrected chi connectivity index (χ4v) is 5.56. The molecular formula is C46H76O16. The first-order chi connectivity index (χ1) is 28.3. The highest BCUT2D eigenvalue weighted by Gasteiger charge is 2.44. The molecule has 356 valence electrons. The number of carbonyl (C=O) groups is 8. The van der Waals surface area contributed by atoms with E-state index in [0.717, 1.165) is 19.3 Å². The molecule has 0 N–H and O–H groups in total. The zero-order valence-corrected chi connectivity index (χ0v) is 40.3. The Morgan fingerprint density at radius 2 is 0.935 bits per heavy atom. The van der Waals surface area contributed by atoms with Crippen LogP contribution in [0.15, 0.2) is 0 Å². The maximum atomic E-state index is 12.0. The second kappa shape index (κ2) is 22.9. The van der Waals surface area contributed by atoms with Gasteiger partial charge in [0.15, 0.2) is 11.2 Å². The molecule has 4 aliphatic rings. The topological polar surface area (TPSA) is 210 Å². The van der Waals surface area contributed by atoms with E-state index >= 15 is 0 Å². The van der Waals surface area contributed by atoms with Crippen LogP contribution in [0.5, 0.6) is 0 Å². The molecule has 16 nitrogen and oxygen atoms in total. The van der Waals surface area contributed by atoms with Crippen LogP contribution in [0.2, 0.25) is 0 Å². The third kappa shape index (κ3) is 17.5. The van der Waals surface area contributed by atoms with Gasteiger partial charge in [0.2, 0.25) is 0 Å². The van der Waals surface area contributed by atoms with Crippen LogP contribution in [0.25, 0.3) is 0 Å². The lowest BCUT2D eigenvalue weighted by Gasteiger charge is -2.33. The lowest BCUT2D eigenvalue weighted by Crippen LogP contribution is -2.41. The first-order valence-electron chi connectivity index (χ1n) is 21.9. The van der Waals surface area contributed by atoms with Gasteiger partial charge < -0.3 is 37.9 Å². The summed E-state index contributed by atoms with van der Waals surface area (Å²) in [6, 6.07) is 0. The van der Waals surface area contributed by atoms with Crippen LogP contribution in [0.3, 0.4) is 0 Å². The molecule has 4 rings (SSSR count). The minimum atomic E-state index is -0.777. The Morgan fingerprint density at radius 1 is 0.565 bits per heavy atom. The molecule has 0 bridgehead atoms. The molecule has 4 heterocycles. The first-order valence-corrected chi connectivity index (χ1v) is 21.9. The summed E-state index contributed by atoms with van der Waals surface area (Å²) in [5, 5.41) is 0. The molecule has 62 heavy (non-hydrogen) atoms. The normalized spacial score (nSPS) is 24.5. The Hall–Kier alpha value is -4.24. The summed E-state index contributed by atoms with van der Waals surface area (Å²) in [4.78, 5) is 90.8. The zero-order chi connectivity index (χ0) is 48.1. The SMILES string of the molecule is CCC(C)(C)C(=O)OC(C)(C)C1COC(=O)C1.CCC(C)(C)C(=O)OC1(C)COC(=O)C1.CCC(C)C(=O)OC(C)(C)C1COC(=O)C1.CCC(C)C(=O)OC1(C)COC(=O)C1. The minimum absolute atomic E-state index is 0.0343. The minimum Gasteiger partial charge on any atom is -0.465 e. The Bertz CT molecular complexity index is 1590. The highest BCUT2D eigenvalue weighted by Crippen LogP contribution is 2.34. The predicted octanol–water partition coefficient (Wildman–Crippen LogP) is 7.18. The fourth-order valence-electron chi connectivity index (χ4n) is 5.56. The summed E-state index contributed by atoms with van der Waals surface area (Å²) >= 11 is 0. The van der Waals surface area contributed by atoms with Crippen LogP contribution in [-0.2, 0) is 76.3 Å². The van der Waals surface area contributed by atoms with E-state index in [4.69, 9.17) is 37.9 Å². The number of ether oxygens (including phenoxy) is 8. The Labute approximate surface area is 368 Å². The number of esters is 8. The zero-order valence-electron chi connectivity index (χ0n) is 40.3. The monoisotopic (exact) mass is 885 g/mol. The van der Waals surface area contributed by atoms with E-state index < -0.39 is 33.2 Å². The van der Waals surface area contributed by atoms with E-state index in [1.807, 2.05) is 96.9 Å². The lowest BCUT2D eigenvalue weighted by molar-refractivity contribution is -0.173. The van der Waals surface area contributed by atoms with Crippen molar-refractivity contribution < 1.29 is 76.3 Å². The summed E-state index contributed by atoms with van der Waals surface area (Å²) in [5.41, 5.74) is -3.81. The van der Waals surface area contributed by atoms with Crippen molar-refractivity contribution in [1.29, 1.82) is 0 Å². The van der Waals surface area contributed by atoms with Gasteiger partial charge in [0.05, 0.1) is 61.6 Å². The third-order valence-electron chi connectivity index (χ3n) is 12.1. The summed E-state index contributed by atoms with van der Waals surface area (Å²) in [5.74, 6) is -2.29. The fraction of sp³-hybridized carbons (Fsp3) is 0.826. The van der Waals surface area contributed by atoms with Crippen molar-refractivity contribution in [3.63, 3.8) is 0 Å². The maximum absolute atomic E-state index is 12.0. The van der Waals surface area contributed by atoms with Crippen molar-refractivity contribution in [3.05, 3.63) is 0 Å². The van der Waals surface area contributed by atoms with Gasteiger partial charge in [0.1, 0.15) is 24.4 Å². The smallest absolute Gasteiger partial charge is 0.312 e. The lowest BCUT2D eigenvalue weighted by atomic mass is 9.87. The van der Waals surface area contributed by atoms with E-state index in [9.17, 15) is 38.4 Å². The number of rotatable bonds is 14. The molecule has 0 amide bonds. The van der Waals surface area contributed by atoms with Gasteiger partial charge in [0.25, 0.3) is 0 Å². The molecule has 4 saturated heterocycles. The van der Waals surface area contributed by atoms with Crippen LogP contribution in [0.4, 0.5) is 0 Å². The van der Waals surface area contributed by atoms with E-state index in [1.54, 1.807) is 13.8 Å². The van der Waals surface area contributed by atoms with Crippen LogP contribution in [0.1, 0.15) is 162 Å². The molecule has 6 atom stereocenters. The van der Waals surface area contributed by atoms with Crippen molar-refractivity contribution in [2.75, 3.05) is 26.4 Å². The van der Waals surface area contributed by atoms with Gasteiger partial charge in [0, 0.05) is 11.8 Å². The van der Waals surface area contributed by atoms with E-state index in [-0.39, 0.29) is 97.5 Å². The Morgan fingerprint density at radius 3 is 1.27 bits per heavy atom. The largest absolute Gasteiger partial charge is 0.465 e. The van der Waals surface area contributed by atoms with Gasteiger partial charge in [-0.2, -0.15) is 0 Å². The van der Waals surface area contributed by atoms with E-state index in [1.165, 1.54) is 0 Å². The molecule has 4 aliphatic heterocycles. The van der Waals surface area contributed by atoms with Crippen molar-refractivity contribution in [2.45, 2.75) is 185 Å². The third-order valence-corrected chi connectivity index (χ3v) is 12.1. The number of cyclic esters (lactones) is 4. The van der Waals surface area contributed by atoms with Gasteiger partial charge in [-0.15, -0.1) is 0 Å². The average Bonchev–Trinajstić information content (AvgIpc) is 3.99. The second-order valence-corrected chi connectivity index (χ2v) is 19.7. The highest BCUT2D eigenvalue weighted by atomic mass is 16.6. The Balaban J connectivity index is 0.000000414. The molecule has 0 spiro atoms. The maximum Gasteiger partial charge on any atom is 0.312 e. The number of hydrogen-bond acceptors (Lipinski definition) is 16. The van der Waals surface area contributed by atoms with Crippen LogP contribution < -0.4 is 0 Å². The van der Waals surface area contributed by atoms with Crippen molar-refractivity contribution in [1.82, 2.24) is 0 Å². The average molecular weight is 885 g/mol. The molecule has 0 aromatic rings. The number of hydrogen-bond donors (Lipinski definition) is 0. The molecule has 4 fully saturated rings. The summed E-state index contributed by atoms with van der Waals surface area (Å²) in [6.07, 6.45) is 3.90. The molecule has 0 aliphatic carbocycles. The molecule has 0 saturated carbocycles. The van der Waals surface area contributed by atoms with Gasteiger partial charge in [-0.3, -0.25) is 38.4 Å². The second-order valence-electron chi connectivity index (χ2n) is 19.7. The van der Waals surface area contributed by atoms with Crippen LogP contribution in [0, 0.1) is 34.5 Å². The van der Waals surface area contributed by atoms with Crippen LogP contribution in [-0.4, -0.2) is 96.6 Å². The van der Waals surface area contributed by atoms with Gasteiger partial charge in [-0.25, -0.2) is 0 Å². The molecule has 0 radical (unpaired) electrons. The quantitative estimate of drug-likeness (QED) is 0.125. The summed E-state index contributed by atoms with van der Waals surface area (Å²) < 4.78 is 41.0. The van der Waals surface area contributed by atoms with Crippen molar-refractivity contribution in [3.8, 4) is 0 Å². The summed E-state index contributed by atoms with van der Waals surface area (Å²) in [7, 11) is 0. The highest BCUT2D eigenvalue weighted by molar-refractivity contribution is 5.79. The van der Waals surface area contributed by atoms with Gasteiger partial charge in [-0.1, -0.05) is 41.5 Å². The molecule has 16 heteroatoms. The van der Waals surface area contributed by atoms with Crippen molar-refractivity contribution >= 4 is 47.8 Å².